The second kappa shape index (κ2) is 5.67. The summed E-state index contributed by atoms with van der Waals surface area (Å²) < 4.78 is 3.32. The van der Waals surface area contributed by atoms with Crippen molar-refractivity contribution in [2.75, 3.05) is 0 Å². The Kier molecular flexibility index (Phi) is 4.17. The van der Waals surface area contributed by atoms with Crippen LogP contribution in [0.3, 0.4) is 0 Å². The normalized spacial score (nSPS) is 12.4. The number of nitrogens with one attached hydrogen (secondary N) is 1. The summed E-state index contributed by atoms with van der Waals surface area (Å²) in [5.41, 5.74) is 0.433. The molecule has 102 valence electrons. The second-order valence-electron chi connectivity index (χ2n) is 4.33. The number of hydrogen-bond donors (Lipinski definition) is 1. The summed E-state index contributed by atoms with van der Waals surface area (Å²) in [5, 5.41) is 7.69. The molecular formula is C12H14Cl2N4O. The van der Waals surface area contributed by atoms with Crippen molar-refractivity contribution in [2.24, 2.45) is 7.05 Å². The van der Waals surface area contributed by atoms with E-state index in [1.165, 1.54) is 0 Å². The molecule has 7 heteroatoms. The maximum atomic E-state index is 12.1. The van der Waals surface area contributed by atoms with Crippen LogP contribution in [0.2, 0.25) is 10.2 Å². The van der Waals surface area contributed by atoms with Crippen molar-refractivity contribution in [3.63, 3.8) is 0 Å². The molecule has 2 aromatic rings. The van der Waals surface area contributed by atoms with Gasteiger partial charge >= 0.3 is 0 Å². The first-order chi connectivity index (χ1) is 8.99. The number of carbonyl (C=O) groups excluding carboxylic acids is 1. The smallest absolute Gasteiger partial charge is 0.268 e. The Bertz CT molecular complexity index is 577. The first kappa shape index (κ1) is 14.0. The fourth-order valence-electron chi connectivity index (χ4n) is 1.79. The molecule has 19 heavy (non-hydrogen) atoms. The van der Waals surface area contributed by atoms with E-state index in [1.807, 2.05) is 19.2 Å². The monoisotopic (exact) mass is 300 g/mol. The summed E-state index contributed by atoms with van der Waals surface area (Å²) in [6, 6.07) is 3.34. The van der Waals surface area contributed by atoms with Crippen molar-refractivity contribution in [3.05, 3.63) is 40.4 Å². The van der Waals surface area contributed by atoms with Crippen molar-refractivity contribution < 1.29 is 4.79 Å². The van der Waals surface area contributed by atoms with Gasteiger partial charge < -0.3 is 9.88 Å². The van der Waals surface area contributed by atoms with Crippen molar-refractivity contribution in [1.29, 1.82) is 0 Å². The van der Waals surface area contributed by atoms with Crippen LogP contribution in [0.4, 0.5) is 0 Å². The third-order valence-electron chi connectivity index (χ3n) is 2.75. The van der Waals surface area contributed by atoms with Crippen LogP contribution in [0.25, 0.3) is 0 Å². The van der Waals surface area contributed by atoms with E-state index in [4.69, 9.17) is 23.2 Å². The number of amides is 1. The van der Waals surface area contributed by atoms with Gasteiger partial charge in [-0.3, -0.25) is 9.48 Å². The Hall–Kier alpha value is -1.46. The fraction of sp³-hybridized carbons (Fsp3) is 0.333. The van der Waals surface area contributed by atoms with Crippen molar-refractivity contribution >= 4 is 29.1 Å². The van der Waals surface area contributed by atoms with Crippen molar-refractivity contribution in [1.82, 2.24) is 19.7 Å². The molecule has 2 heterocycles. The number of nitrogens with zero attached hydrogens (tertiary/aromatic N) is 3. The van der Waals surface area contributed by atoms with Crippen molar-refractivity contribution in [3.8, 4) is 0 Å². The zero-order chi connectivity index (χ0) is 14.0. The van der Waals surface area contributed by atoms with Crippen LogP contribution >= 0.6 is 23.2 Å². The van der Waals surface area contributed by atoms with Gasteiger partial charge in [-0.2, -0.15) is 5.10 Å². The predicted molar refractivity (Wildman–Crippen MR) is 74.6 cm³/mol. The minimum atomic E-state index is -0.212. The summed E-state index contributed by atoms with van der Waals surface area (Å²) in [4.78, 5) is 12.1. The Morgan fingerprint density at radius 3 is 2.79 bits per heavy atom. The quantitative estimate of drug-likeness (QED) is 0.942. The van der Waals surface area contributed by atoms with Gasteiger partial charge in [0.1, 0.15) is 10.8 Å². The van der Waals surface area contributed by atoms with Gasteiger partial charge in [-0.1, -0.05) is 23.2 Å². The summed E-state index contributed by atoms with van der Waals surface area (Å²) in [5.74, 6) is -0.212. The molecule has 1 atom stereocenters. The number of hydrogen-bond acceptors (Lipinski definition) is 2. The molecule has 0 saturated carbocycles. The molecular weight excluding hydrogens is 287 g/mol. The van der Waals surface area contributed by atoms with E-state index in [0.717, 1.165) is 0 Å². The Morgan fingerprint density at radius 2 is 2.26 bits per heavy atom. The third-order valence-corrected chi connectivity index (χ3v) is 3.59. The van der Waals surface area contributed by atoms with Gasteiger partial charge in [0.2, 0.25) is 0 Å². The van der Waals surface area contributed by atoms with Crippen LogP contribution in [0.15, 0.2) is 24.5 Å². The molecule has 0 aromatic carbocycles. The number of rotatable bonds is 4. The lowest BCUT2D eigenvalue weighted by atomic mass is 10.3. The highest BCUT2D eigenvalue weighted by Gasteiger charge is 2.17. The Labute approximate surface area is 121 Å². The largest absolute Gasteiger partial charge is 0.346 e. The van der Waals surface area contributed by atoms with Crippen LogP contribution in [0.1, 0.15) is 17.4 Å². The molecule has 0 aliphatic rings. The predicted octanol–water partition coefficient (Wildman–Crippen LogP) is 2.35. The van der Waals surface area contributed by atoms with E-state index in [9.17, 15) is 4.79 Å². The maximum Gasteiger partial charge on any atom is 0.268 e. The molecule has 0 fully saturated rings. The summed E-state index contributed by atoms with van der Waals surface area (Å²) in [6.07, 6.45) is 3.55. The molecule has 1 N–H and O–H groups in total. The molecule has 0 radical (unpaired) electrons. The maximum absolute atomic E-state index is 12.1. The molecule has 1 amide bonds. The number of carbonyl (C=O) groups is 1. The van der Waals surface area contributed by atoms with Crippen LogP contribution in [-0.2, 0) is 13.6 Å². The van der Waals surface area contributed by atoms with E-state index < -0.39 is 0 Å². The van der Waals surface area contributed by atoms with E-state index >= 15 is 0 Å². The molecule has 0 unspecified atom stereocenters. The summed E-state index contributed by atoms with van der Waals surface area (Å²) >= 11 is 11.8. The lowest BCUT2D eigenvalue weighted by Gasteiger charge is -2.14. The molecule has 0 aliphatic heterocycles. The van der Waals surface area contributed by atoms with E-state index in [1.54, 1.807) is 28.6 Å². The fourth-order valence-corrected chi connectivity index (χ4v) is 2.17. The first-order valence-electron chi connectivity index (χ1n) is 5.78. The average Bonchev–Trinajstić information content (AvgIpc) is 2.93. The zero-order valence-corrected chi connectivity index (χ0v) is 12.1. The van der Waals surface area contributed by atoms with Gasteiger partial charge in [0, 0.05) is 25.5 Å². The number of halogens is 2. The topological polar surface area (TPSA) is 51.9 Å². The third kappa shape index (κ3) is 3.11. The molecule has 0 spiro atoms. The van der Waals surface area contributed by atoms with Crippen LogP contribution in [-0.4, -0.2) is 26.3 Å². The molecule has 0 bridgehead atoms. The number of aromatic nitrogens is 3. The molecule has 2 rings (SSSR count). The van der Waals surface area contributed by atoms with Gasteiger partial charge in [0.05, 0.1) is 11.6 Å². The lowest BCUT2D eigenvalue weighted by Crippen LogP contribution is -2.36. The average molecular weight is 301 g/mol. The standard InChI is InChI=1S/C12H14Cl2N4O/c1-8(7-18-5-3-4-15-18)16-12(19)10-6-9(13)11(14)17(10)2/h3-6,8H,7H2,1-2H3,(H,16,19)/t8-/m0/s1. The Balaban J connectivity index is 2.02. The first-order valence-corrected chi connectivity index (χ1v) is 6.53. The lowest BCUT2D eigenvalue weighted by molar-refractivity contribution is 0.0928. The van der Waals surface area contributed by atoms with Gasteiger partial charge in [0.25, 0.3) is 5.91 Å². The van der Waals surface area contributed by atoms with E-state index in [0.29, 0.717) is 22.4 Å². The highest BCUT2D eigenvalue weighted by Crippen LogP contribution is 2.25. The minimum absolute atomic E-state index is 0.0557. The summed E-state index contributed by atoms with van der Waals surface area (Å²) in [6.45, 7) is 2.51. The minimum Gasteiger partial charge on any atom is -0.346 e. The molecule has 0 saturated heterocycles. The Morgan fingerprint density at radius 1 is 1.53 bits per heavy atom. The van der Waals surface area contributed by atoms with Crippen LogP contribution in [0.5, 0.6) is 0 Å². The van der Waals surface area contributed by atoms with E-state index in [-0.39, 0.29) is 11.9 Å². The zero-order valence-electron chi connectivity index (χ0n) is 10.6. The van der Waals surface area contributed by atoms with Gasteiger partial charge in [-0.25, -0.2) is 0 Å². The van der Waals surface area contributed by atoms with E-state index in [2.05, 4.69) is 10.4 Å². The molecule has 2 aromatic heterocycles. The highest BCUT2D eigenvalue weighted by molar-refractivity contribution is 6.41. The van der Waals surface area contributed by atoms with Gasteiger partial charge in [-0.15, -0.1) is 0 Å². The second-order valence-corrected chi connectivity index (χ2v) is 5.10. The van der Waals surface area contributed by atoms with Crippen molar-refractivity contribution in [2.45, 2.75) is 19.5 Å². The van der Waals surface area contributed by atoms with Crippen LogP contribution in [0, 0.1) is 0 Å². The van der Waals surface area contributed by atoms with Crippen LogP contribution < -0.4 is 5.32 Å². The summed E-state index contributed by atoms with van der Waals surface area (Å²) in [7, 11) is 1.70. The molecule has 0 aliphatic carbocycles. The highest BCUT2D eigenvalue weighted by atomic mass is 35.5. The van der Waals surface area contributed by atoms with Gasteiger partial charge in [0.15, 0.2) is 0 Å². The SMILES string of the molecule is C[C@@H](Cn1cccn1)NC(=O)c1cc(Cl)c(Cl)n1C. The van der Waals surface area contributed by atoms with Gasteiger partial charge in [-0.05, 0) is 19.1 Å². The molecule has 5 nitrogen and oxygen atoms in total.